The number of rotatable bonds is 5. The van der Waals surface area contributed by atoms with Crippen LogP contribution in [-0.4, -0.2) is 48.6 Å². The number of hydrogen-bond acceptors (Lipinski definition) is 6. The molecule has 0 fully saturated rings. The lowest BCUT2D eigenvalue weighted by Crippen LogP contribution is -2.42. The molecule has 1 heterocycles. The molecule has 0 saturated heterocycles. The van der Waals surface area contributed by atoms with Gasteiger partial charge in [0, 0.05) is 27.6 Å². The van der Waals surface area contributed by atoms with Gasteiger partial charge in [-0.2, -0.15) is 13.5 Å². The molecule has 2 aromatic carbocycles. The number of halogens is 1. The predicted octanol–water partition coefficient (Wildman–Crippen LogP) is 3.24. The minimum Gasteiger partial charge on any atom is -0.507 e. The average molecular weight is 507 g/mol. The zero-order valence-electron chi connectivity index (χ0n) is 17.3. The van der Waals surface area contributed by atoms with Crippen molar-refractivity contribution in [3.63, 3.8) is 0 Å². The SMILES string of the molecule is CC(C)(C)NC(=O)CCN(/N=C/c1cc(Br)ccc1O)C1=NS(=O)(=O)c2ccccc21. The second-order valence-electron chi connectivity index (χ2n) is 8.01. The van der Waals surface area contributed by atoms with Crippen LogP contribution in [0, 0.1) is 0 Å². The minimum atomic E-state index is -3.85. The van der Waals surface area contributed by atoms with Crippen LogP contribution in [0.15, 0.2) is 61.3 Å². The molecule has 0 bridgehead atoms. The van der Waals surface area contributed by atoms with E-state index in [-0.39, 0.29) is 35.4 Å². The van der Waals surface area contributed by atoms with E-state index in [1.165, 1.54) is 23.4 Å². The summed E-state index contributed by atoms with van der Waals surface area (Å²) in [6.07, 6.45) is 1.47. The number of phenols is 1. The lowest BCUT2D eigenvalue weighted by atomic mass is 10.1. The number of aromatic hydroxyl groups is 1. The Hall–Kier alpha value is -2.72. The number of nitrogens with one attached hydrogen (secondary N) is 1. The Morgan fingerprint density at radius 1 is 1.26 bits per heavy atom. The van der Waals surface area contributed by atoms with E-state index in [4.69, 9.17) is 0 Å². The number of nitrogens with zero attached hydrogens (tertiary/aromatic N) is 3. The highest BCUT2D eigenvalue weighted by molar-refractivity contribution is 9.10. The standard InChI is InChI=1S/C21H23BrN4O4S/c1-21(2,3)24-19(28)10-11-26(23-13-14-12-15(22)8-9-17(14)27)20-16-6-4-5-7-18(16)31(29,30)25-20/h4-9,12-13,27H,10-11H2,1-3H3,(H,24,28)/b23-13+. The molecule has 0 radical (unpaired) electrons. The van der Waals surface area contributed by atoms with Crippen LogP contribution in [-0.2, 0) is 14.8 Å². The summed E-state index contributed by atoms with van der Waals surface area (Å²) in [6, 6.07) is 11.3. The smallest absolute Gasteiger partial charge is 0.285 e. The van der Waals surface area contributed by atoms with Crippen LogP contribution in [0.3, 0.4) is 0 Å². The summed E-state index contributed by atoms with van der Waals surface area (Å²) in [4.78, 5) is 12.4. The maximum absolute atomic E-state index is 12.5. The van der Waals surface area contributed by atoms with Gasteiger partial charge in [0.15, 0.2) is 5.84 Å². The van der Waals surface area contributed by atoms with Gasteiger partial charge < -0.3 is 10.4 Å². The average Bonchev–Trinajstić information content (AvgIpc) is 2.94. The van der Waals surface area contributed by atoms with Crippen molar-refractivity contribution in [2.24, 2.45) is 9.50 Å². The molecule has 3 rings (SSSR count). The van der Waals surface area contributed by atoms with Gasteiger partial charge in [-0.1, -0.05) is 28.1 Å². The third-order valence-corrected chi connectivity index (χ3v) is 6.07. The van der Waals surface area contributed by atoms with E-state index in [9.17, 15) is 18.3 Å². The Morgan fingerprint density at radius 2 is 1.97 bits per heavy atom. The molecule has 2 aromatic rings. The fourth-order valence-electron chi connectivity index (χ4n) is 2.94. The molecule has 1 amide bonds. The summed E-state index contributed by atoms with van der Waals surface area (Å²) in [6.45, 7) is 5.72. The third kappa shape index (κ3) is 5.71. The van der Waals surface area contributed by atoms with E-state index in [1.807, 2.05) is 20.8 Å². The van der Waals surface area contributed by atoms with Crippen molar-refractivity contribution in [1.82, 2.24) is 10.3 Å². The number of carbonyl (C=O) groups excluding carboxylic acids is 1. The van der Waals surface area contributed by atoms with Crippen molar-refractivity contribution in [1.29, 1.82) is 0 Å². The number of phenolic OH excluding ortho intramolecular Hbond substituents is 1. The van der Waals surface area contributed by atoms with Gasteiger partial charge in [-0.05, 0) is 51.1 Å². The molecule has 31 heavy (non-hydrogen) atoms. The van der Waals surface area contributed by atoms with Crippen molar-refractivity contribution in [3.05, 3.63) is 58.1 Å². The molecule has 0 saturated carbocycles. The van der Waals surface area contributed by atoms with Gasteiger partial charge in [0.2, 0.25) is 5.91 Å². The van der Waals surface area contributed by atoms with Crippen LogP contribution >= 0.6 is 15.9 Å². The summed E-state index contributed by atoms with van der Waals surface area (Å²) in [7, 11) is -3.85. The molecule has 0 unspecified atom stereocenters. The number of carbonyl (C=O) groups is 1. The molecule has 8 nitrogen and oxygen atoms in total. The Balaban J connectivity index is 1.94. The second kappa shape index (κ2) is 8.80. The van der Waals surface area contributed by atoms with Crippen LogP contribution in [0.1, 0.15) is 38.3 Å². The molecule has 0 atom stereocenters. The number of hydrogen-bond donors (Lipinski definition) is 2. The summed E-state index contributed by atoms with van der Waals surface area (Å²) in [5.41, 5.74) is 0.441. The lowest BCUT2D eigenvalue weighted by Gasteiger charge is -2.22. The zero-order valence-corrected chi connectivity index (χ0v) is 19.7. The summed E-state index contributed by atoms with van der Waals surface area (Å²) < 4.78 is 29.6. The number of sulfonamides is 1. The van der Waals surface area contributed by atoms with Crippen molar-refractivity contribution >= 4 is 43.9 Å². The van der Waals surface area contributed by atoms with Crippen molar-refractivity contribution in [2.45, 2.75) is 37.6 Å². The van der Waals surface area contributed by atoms with Gasteiger partial charge in [0.05, 0.1) is 12.8 Å². The first-order valence-electron chi connectivity index (χ1n) is 9.52. The van der Waals surface area contributed by atoms with Gasteiger partial charge in [-0.15, -0.1) is 4.40 Å². The second-order valence-corrected chi connectivity index (χ2v) is 10.5. The van der Waals surface area contributed by atoms with E-state index in [0.29, 0.717) is 11.1 Å². The van der Waals surface area contributed by atoms with Crippen LogP contribution in [0.5, 0.6) is 5.75 Å². The molecule has 164 valence electrons. The van der Waals surface area contributed by atoms with Gasteiger partial charge in [-0.3, -0.25) is 4.79 Å². The fourth-order valence-corrected chi connectivity index (χ4v) is 4.53. The molecule has 1 aliphatic heterocycles. The van der Waals surface area contributed by atoms with Gasteiger partial charge in [0.25, 0.3) is 10.0 Å². The number of benzene rings is 2. The van der Waals surface area contributed by atoms with E-state index >= 15 is 0 Å². The fraction of sp³-hybridized carbons (Fsp3) is 0.286. The van der Waals surface area contributed by atoms with E-state index in [1.54, 1.807) is 30.3 Å². The minimum absolute atomic E-state index is 0.0127. The van der Waals surface area contributed by atoms with Crippen LogP contribution in [0.4, 0.5) is 0 Å². The molecular weight excluding hydrogens is 484 g/mol. The first kappa shape index (κ1) is 23.0. The predicted molar refractivity (Wildman–Crippen MR) is 123 cm³/mol. The molecule has 1 aliphatic rings. The lowest BCUT2D eigenvalue weighted by molar-refractivity contribution is -0.122. The number of hydrazone groups is 1. The van der Waals surface area contributed by atoms with Gasteiger partial charge in [-0.25, -0.2) is 5.01 Å². The molecule has 10 heteroatoms. The number of amidine groups is 1. The quantitative estimate of drug-likeness (QED) is 0.477. The monoisotopic (exact) mass is 506 g/mol. The summed E-state index contributed by atoms with van der Waals surface area (Å²) in [5.74, 6) is -0.0589. The topological polar surface area (TPSA) is 111 Å². The van der Waals surface area contributed by atoms with Crippen LogP contribution in [0.2, 0.25) is 0 Å². The molecule has 0 spiro atoms. The number of amides is 1. The van der Waals surface area contributed by atoms with E-state index in [0.717, 1.165) is 4.47 Å². The van der Waals surface area contributed by atoms with Crippen molar-refractivity contribution in [3.8, 4) is 5.75 Å². The Labute approximate surface area is 189 Å². The van der Waals surface area contributed by atoms with E-state index < -0.39 is 15.6 Å². The molecule has 0 aromatic heterocycles. The third-order valence-electron chi connectivity index (χ3n) is 4.25. The Bertz CT molecular complexity index is 1170. The normalized spacial score (nSPS) is 14.9. The first-order valence-corrected chi connectivity index (χ1v) is 11.7. The summed E-state index contributed by atoms with van der Waals surface area (Å²) in [5, 5.41) is 18.7. The van der Waals surface area contributed by atoms with Crippen LogP contribution < -0.4 is 5.32 Å². The molecule has 0 aliphatic carbocycles. The Morgan fingerprint density at radius 3 is 2.68 bits per heavy atom. The van der Waals surface area contributed by atoms with Crippen molar-refractivity contribution < 1.29 is 18.3 Å². The van der Waals surface area contributed by atoms with Gasteiger partial charge >= 0.3 is 0 Å². The highest BCUT2D eigenvalue weighted by Crippen LogP contribution is 2.28. The molecule has 2 N–H and O–H groups in total. The van der Waals surface area contributed by atoms with Crippen LogP contribution in [0.25, 0.3) is 0 Å². The molecular formula is C21H23BrN4O4S. The first-order chi connectivity index (χ1) is 14.5. The maximum Gasteiger partial charge on any atom is 0.285 e. The van der Waals surface area contributed by atoms with E-state index in [2.05, 4.69) is 30.7 Å². The van der Waals surface area contributed by atoms with Gasteiger partial charge in [0.1, 0.15) is 10.6 Å². The number of fused-ring (bicyclic) bond motifs is 1. The highest BCUT2D eigenvalue weighted by Gasteiger charge is 2.32. The zero-order chi connectivity index (χ0) is 22.8. The maximum atomic E-state index is 12.5. The largest absolute Gasteiger partial charge is 0.507 e. The summed E-state index contributed by atoms with van der Waals surface area (Å²) >= 11 is 3.34. The Kier molecular flexibility index (Phi) is 6.51. The van der Waals surface area contributed by atoms with Crippen molar-refractivity contribution in [2.75, 3.05) is 6.54 Å². The highest BCUT2D eigenvalue weighted by atomic mass is 79.9.